The first-order valence-corrected chi connectivity index (χ1v) is 10.3. The van der Waals surface area contributed by atoms with Gasteiger partial charge in [-0.3, -0.25) is 0 Å². The highest BCUT2D eigenvalue weighted by Crippen LogP contribution is 2.09. The molecule has 17 heavy (non-hydrogen) atoms. The molecule has 0 aromatic heterocycles. The number of allylic oxidation sites excluding steroid dienone is 2. The lowest BCUT2D eigenvalue weighted by Crippen LogP contribution is -2.44. The van der Waals surface area contributed by atoms with Gasteiger partial charge in [0.15, 0.2) is 19.5 Å². The topological polar surface area (TPSA) is 27.7 Å². The van der Waals surface area contributed by atoms with Crippen molar-refractivity contribution in [3.63, 3.8) is 0 Å². The van der Waals surface area contributed by atoms with E-state index in [0.29, 0.717) is 0 Å². The second kappa shape index (κ2) is 8.79. The first kappa shape index (κ1) is 16.8. The standard InChI is InChI=1S/C11H24O3Si3/c1-7-17(12-6,13-15-8-10(2)3)14-16-9-11(4)5/h7-9H,1,15-16H2,2-6H3. The fourth-order valence-corrected chi connectivity index (χ4v) is 7.34. The van der Waals surface area contributed by atoms with E-state index < -0.39 is 28.3 Å². The summed E-state index contributed by atoms with van der Waals surface area (Å²) in [6, 6.07) is 0. The van der Waals surface area contributed by atoms with E-state index in [4.69, 9.17) is 12.7 Å². The molecular weight excluding hydrogens is 264 g/mol. The maximum absolute atomic E-state index is 5.87. The molecule has 0 atom stereocenters. The van der Waals surface area contributed by atoms with Crippen LogP contribution in [0.3, 0.4) is 0 Å². The summed E-state index contributed by atoms with van der Waals surface area (Å²) >= 11 is 0. The summed E-state index contributed by atoms with van der Waals surface area (Å²) < 4.78 is 17.2. The molecule has 6 heteroatoms. The molecule has 3 nitrogen and oxygen atoms in total. The molecule has 0 aliphatic carbocycles. The van der Waals surface area contributed by atoms with Crippen LogP contribution in [0.4, 0.5) is 0 Å². The molecule has 0 saturated heterocycles. The van der Waals surface area contributed by atoms with Crippen molar-refractivity contribution in [3.8, 4) is 0 Å². The number of hydrogen-bond donors (Lipinski definition) is 0. The minimum absolute atomic E-state index is 0.730. The Morgan fingerprint density at radius 3 is 1.65 bits per heavy atom. The fourth-order valence-electron chi connectivity index (χ4n) is 1.01. The van der Waals surface area contributed by atoms with Gasteiger partial charge in [0.25, 0.3) is 0 Å². The van der Waals surface area contributed by atoms with E-state index >= 15 is 0 Å². The zero-order valence-corrected chi connectivity index (χ0v) is 15.4. The zero-order chi connectivity index (χ0) is 13.3. The maximum atomic E-state index is 5.87. The van der Waals surface area contributed by atoms with Crippen LogP contribution in [0.5, 0.6) is 0 Å². The third kappa shape index (κ3) is 7.63. The largest absolute Gasteiger partial charge is 0.507 e. The van der Waals surface area contributed by atoms with Gasteiger partial charge in [-0.2, -0.15) is 0 Å². The van der Waals surface area contributed by atoms with Gasteiger partial charge in [0, 0.05) is 7.11 Å². The molecular formula is C11H24O3Si3. The molecule has 0 heterocycles. The average Bonchev–Trinajstić information content (AvgIpc) is 2.26. The molecule has 98 valence electrons. The van der Waals surface area contributed by atoms with Gasteiger partial charge >= 0.3 is 8.80 Å². The van der Waals surface area contributed by atoms with Gasteiger partial charge in [-0.05, 0) is 33.4 Å². The smallest absolute Gasteiger partial charge is 0.415 e. The van der Waals surface area contributed by atoms with Crippen LogP contribution in [0, 0.1) is 0 Å². The summed E-state index contributed by atoms with van der Waals surface area (Å²) in [5, 5.41) is 0. The van der Waals surface area contributed by atoms with Crippen LogP contribution in [0.15, 0.2) is 34.8 Å². The molecule has 0 aromatic rings. The molecule has 0 bridgehead atoms. The molecule has 0 radical (unpaired) electrons. The molecule has 0 aromatic carbocycles. The van der Waals surface area contributed by atoms with Gasteiger partial charge in [0.2, 0.25) is 0 Å². The first-order chi connectivity index (χ1) is 7.95. The summed E-state index contributed by atoms with van der Waals surface area (Å²) in [6.07, 6.45) is 0. The van der Waals surface area contributed by atoms with Crippen LogP contribution in [-0.4, -0.2) is 35.4 Å². The van der Waals surface area contributed by atoms with Crippen LogP contribution < -0.4 is 0 Å². The Hall–Kier alpha value is -0.249. The van der Waals surface area contributed by atoms with E-state index in [-0.39, 0.29) is 0 Å². The highest BCUT2D eigenvalue weighted by molar-refractivity contribution is 6.75. The van der Waals surface area contributed by atoms with Crippen molar-refractivity contribution < 1.29 is 12.7 Å². The molecule has 0 unspecified atom stereocenters. The second-order valence-electron chi connectivity index (χ2n) is 4.20. The Balaban J connectivity index is 4.39. The maximum Gasteiger partial charge on any atom is 0.507 e. The van der Waals surface area contributed by atoms with Gasteiger partial charge in [-0.1, -0.05) is 29.1 Å². The molecule has 0 aliphatic heterocycles. The van der Waals surface area contributed by atoms with E-state index in [1.807, 2.05) is 0 Å². The Morgan fingerprint density at radius 2 is 1.41 bits per heavy atom. The van der Waals surface area contributed by atoms with Crippen LogP contribution in [0.25, 0.3) is 0 Å². The quantitative estimate of drug-likeness (QED) is 0.631. The average molecular weight is 289 g/mol. The Kier molecular flexibility index (Phi) is 8.66. The SMILES string of the molecule is C=C[Si](OC)(O[SiH2]C=C(C)C)O[SiH2]C=C(C)C. The third-order valence-electron chi connectivity index (χ3n) is 2.09. The minimum Gasteiger partial charge on any atom is -0.415 e. The monoisotopic (exact) mass is 288 g/mol. The summed E-state index contributed by atoms with van der Waals surface area (Å²) in [4.78, 5) is 0. The van der Waals surface area contributed by atoms with Crippen molar-refractivity contribution in [1.82, 2.24) is 0 Å². The number of hydrogen-bond acceptors (Lipinski definition) is 3. The summed E-state index contributed by atoms with van der Waals surface area (Å²) in [7, 11) is -2.40. The summed E-state index contributed by atoms with van der Waals surface area (Å²) in [5.74, 6) is 0. The fraction of sp³-hybridized carbons (Fsp3) is 0.455. The van der Waals surface area contributed by atoms with Crippen molar-refractivity contribution in [2.45, 2.75) is 27.7 Å². The van der Waals surface area contributed by atoms with Crippen LogP contribution in [0.1, 0.15) is 27.7 Å². The zero-order valence-electron chi connectivity index (χ0n) is 11.6. The van der Waals surface area contributed by atoms with E-state index in [0.717, 1.165) is 0 Å². The Labute approximate surface area is 111 Å². The second-order valence-corrected chi connectivity index (χ2v) is 10.0. The van der Waals surface area contributed by atoms with Gasteiger partial charge in [0.05, 0.1) is 0 Å². The van der Waals surface area contributed by atoms with Gasteiger partial charge in [-0.15, -0.1) is 0 Å². The van der Waals surface area contributed by atoms with Crippen molar-refractivity contribution in [2.24, 2.45) is 0 Å². The predicted octanol–water partition coefficient (Wildman–Crippen LogP) is 1.35. The van der Waals surface area contributed by atoms with Crippen molar-refractivity contribution >= 4 is 28.3 Å². The lowest BCUT2D eigenvalue weighted by Gasteiger charge is -2.24. The number of rotatable bonds is 8. The normalized spacial score (nSPS) is 15.1. The molecule has 0 saturated carbocycles. The van der Waals surface area contributed by atoms with Crippen LogP contribution in [-0.2, 0) is 12.7 Å². The lowest BCUT2D eigenvalue weighted by atomic mass is 10.4. The minimum atomic E-state index is -2.58. The van der Waals surface area contributed by atoms with Gasteiger partial charge in [0.1, 0.15) is 0 Å². The summed E-state index contributed by atoms with van der Waals surface area (Å²) in [6.45, 7) is 12.1. The van der Waals surface area contributed by atoms with E-state index in [1.165, 1.54) is 11.1 Å². The highest BCUT2D eigenvalue weighted by atomic mass is 28.4. The van der Waals surface area contributed by atoms with Crippen molar-refractivity contribution in [1.29, 1.82) is 0 Å². The molecule has 0 amide bonds. The van der Waals surface area contributed by atoms with Crippen LogP contribution in [0.2, 0.25) is 0 Å². The van der Waals surface area contributed by atoms with Crippen molar-refractivity contribution in [3.05, 3.63) is 34.8 Å². The Bertz CT molecular complexity index is 270. The third-order valence-corrected chi connectivity index (χ3v) is 9.67. The lowest BCUT2D eigenvalue weighted by molar-refractivity contribution is 0.232. The van der Waals surface area contributed by atoms with E-state index in [1.54, 1.807) is 12.8 Å². The molecule has 0 aliphatic rings. The predicted molar refractivity (Wildman–Crippen MR) is 81.1 cm³/mol. The highest BCUT2D eigenvalue weighted by Gasteiger charge is 2.34. The molecule has 0 fully saturated rings. The van der Waals surface area contributed by atoms with E-state index in [9.17, 15) is 0 Å². The Morgan fingerprint density at radius 1 is 1.00 bits per heavy atom. The summed E-state index contributed by atoms with van der Waals surface area (Å²) in [5.41, 5.74) is 8.58. The van der Waals surface area contributed by atoms with Crippen molar-refractivity contribution in [2.75, 3.05) is 7.11 Å². The van der Waals surface area contributed by atoms with Gasteiger partial charge < -0.3 is 12.7 Å². The van der Waals surface area contributed by atoms with Gasteiger partial charge in [-0.25, -0.2) is 0 Å². The molecule has 0 N–H and O–H groups in total. The molecule has 0 spiro atoms. The first-order valence-electron chi connectivity index (χ1n) is 5.69. The molecule has 0 rings (SSSR count). The van der Waals surface area contributed by atoms with Crippen LogP contribution >= 0.6 is 0 Å². The van der Waals surface area contributed by atoms with E-state index in [2.05, 4.69) is 45.7 Å².